The molecule has 0 unspecified atom stereocenters. The number of hydrogen-bond acceptors (Lipinski definition) is 2. The molecule has 0 spiro atoms. The lowest BCUT2D eigenvalue weighted by Crippen LogP contribution is -2.29. The number of ether oxygens (including phenoxy) is 1. The fraction of sp³-hybridized carbons (Fsp3) is 0.118. The first-order chi connectivity index (χ1) is 9.69. The Kier molecular flexibility index (Phi) is 4.41. The van der Waals surface area contributed by atoms with E-state index in [2.05, 4.69) is 11.2 Å². The van der Waals surface area contributed by atoms with E-state index in [9.17, 15) is 4.79 Å². The average Bonchev–Trinajstić information content (AvgIpc) is 2.49. The van der Waals surface area contributed by atoms with Gasteiger partial charge in [-0.1, -0.05) is 36.3 Å². The van der Waals surface area contributed by atoms with Crippen LogP contribution in [0.5, 0.6) is 5.75 Å². The Morgan fingerprint density at radius 2 is 1.80 bits per heavy atom. The van der Waals surface area contributed by atoms with Crippen molar-refractivity contribution in [3.8, 4) is 18.1 Å². The molecule has 0 aromatic heterocycles. The van der Waals surface area contributed by atoms with Gasteiger partial charge in [0.15, 0.2) is 0 Å². The van der Waals surface area contributed by atoms with Crippen molar-refractivity contribution in [1.29, 1.82) is 0 Å². The van der Waals surface area contributed by atoms with Crippen molar-refractivity contribution < 1.29 is 9.53 Å². The molecule has 2 aromatic carbocycles. The zero-order chi connectivity index (χ0) is 14.4. The van der Waals surface area contributed by atoms with Gasteiger partial charge in [0.1, 0.15) is 5.75 Å². The van der Waals surface area contributed by atoms with Gasteiger partial charge in [-0.3, -0.25) is 0 Å². The van der Waals surface area contributed by atoms with E-state index in [1.807, 2.05) is 37.3 Å². The highest BCUT2D eigenvalue weighted by Crippen LogP contribution is 2.14. The molecule has 1 amide bonds. The minimum Gasteiger partial charge on any atom is -0.410 e. The van der Waals surface area contributed by atoms with Gasteiger partial charge in [0.2, 0.25) is 0 Å². The topological polar surface area (TPSA) is 38.3 Å². The first-order valence-corrected chi connectivity index (χ1v) is 6.29. The maximum absolute atomic E-state index is 11.8. The highest BCUT2D eigenvalue weighted by Gasteiger charge is 2.10. The first-order valence-electron chi connectivity index (χ1n) is 6.29. The van der Waals surface area contributed by atoms with Gasteiger partial charge < -0.3 is 10.1 Å². The van der Waals surface area contributed by atoms with Crippen molar-refractivity contribution in [2.75, 3.05) is 0 Å². The molecule has 0 saturated carbocycles. The van der Waals surface area contributed by atoms with Crippen LogP contribution in [0.1, 0.15) is 24.1 Å². The summed E-state index contributed by atoms with van der Waals surface area (Å²) in [5, 5.41) is 2.77. The molecule has 20 heavy (non-hydrogen) atoms. The number of hydrogen-bond donors (Lipinski definition) is 1. The van der Waals surface area contributed by atoms with E-state index >= 15 is 0 Å². The van der Waals surface area contributed by atoms with E-state index in [0.29, 0.717) is 5.75 Å². The zero-order valence-corrected chi connectivity index (χ0v) is 11.2. The summed E-state index contributed by atoms with van der Waals surface area (Å²) in [5.74, 6) is 2.97. The molecule has 0 aliphatic heterocycles. The van der Waals surface area contributed by atoms with Crippen molar-refractivity contribution >= 4 is 6.09 Å². The van der Waals surface area contributed by atoms with Gasteiger partial charge in [0.25, 0.3) is 0 Å². The van der Waals surface area contributed by atoms with Crippen LogP contribution in [-0.2, 0) is 0 Å². The lowest BCUT2D eigenvalue weighted by molar-refractivity contribution is 0.197. The maximum atomic E-state index is 11.8. The normalized spacial score (nSPS) is 11.2. The van der Waals surface area contributed by atoms with Gasteiger partial charge in [-0.2, -0.15) is 0 Å². The predicted molar refractivity (Wildman–Crippen MR) is 78.4 cm³/mol. The Labute approximate surface area is 118 Å². The molecule has 100 valence electrons. The van der Waals surface area contributed by atoms with Crippen LogP contribution in [0.2, 0.25) is 0 Å². The number of carbonyl (C=O) groups excluding carboxylic acids is 1. The molecule has 1 atom stereocenters. The van der Waals surface area contributed by atoms with Gasteiger partial charge in [-0.25, -0.2) is 4.79 Å². The highest BCUT2D eigenvalue weighted by atomic mass is 16.6. The Hall–Kier alpha value is -2.73. The molecule has 1 N–H and O–H groups in total. The Morgan fingerprint density at radius 3 is 2.40 bits per heavy atom. The number of carbonyl (C=O) groups is 1. The van der Waals surface area contributed by atoms with Gasteiger partial charge in [-0.15, -0.1) is 6.42 Å². The lowest BCUT2D eigenvalue weighted by Gasteiger charge is -2.14. The fourth-order valence-electron chi connectivity index (χ4n) is 1.76. The summed E-state index contributed by atoms with van der Waals surface area (Å²) >= 11 is 0. The minimum absolute atomic E-state index is 0.117. The van der Waals surface area contributed by atoms with Gasteiger partial charge in [0, 0.05) is 5.56 Å². The Balaban J connectivity index is 1.93. The molecule has 0 fully saturated rings. The van der Waals surface area contributed by atoms with Crippen LogP contribution in [0.15, 0.2) is 54.6 Å². The molecule has 0 bridgehead atoms. The quantitative estimate of drug-likeness (QED) is 0.862. The summed E-state index contributed by atoms with van der Waals surface area (Å²) in [6.07, 6.45) is 4.77. The minimum atomic E-state index is -0.491. The van der Waals surface area contributed by atoms with E-state index in [0.717, 1.165) is 11.1 Å². The maximum Gasteiger partial charge on any atom is 0.413 e. The van der Waals surface area contributed by atoms with E-state index in [1.165, 1.54) is 0 Å². The van der Waals surface area contributed by atoms with Crippen molar-refractivity contribution in [2.24, 2.45) is 0 Å². The molecular formula is C17H15NO2. The summed E-state index contributed by atoms with van der Waals surface area (Å²) in [6.45, 7) is 1.90. The van der Waals surface area contributed by atoms with E-state index in [1.54, 1.807) is 24.3 Å². The van der Waals surface area contributed by atoms with E-state index in [4.69, 9.17) is 11.2 Å². The van der Waals surface area contributed by atoms with Crippen LogP contribution >= 0.6 is 0 Å². The fourth-order valence-corrected chi connectivity index (χ4v) is 1.76. The molecule has 0 radical (unpaired) electrons. The zero-order valence-electron chi connectivity index (χ0n) is 11.2. The van der Waals surface area contributed by atoms with Gasteiger partial charge in [0.05, 0.1) is 6.04 Å². The molecule has 0 aliphatic rings. The van der Waals surface area contributed by atoms with Crippen LogP contribution in [0.25, 0.3) is 0 Å². The summed E-state index contributed by atoms with van der Waals surface area (Å²) in [6, 6.07) is 16.4. The van der Waals surface area contributed by atoms with Crippen molar-refractivity contribution in [3.05, 3.63) is 65.7 Å². The molecule has 0 aliphatic carbocycles. The first kappa shape index (κ1) is 13.7. The molecule has 2 rings (SSSR count). The van der Waals surface area contributed by atoms with Crippen molar-refractivity contribution in [1.82, 2.24) is 5.32 Å². The summed E-state index contributed by atoms with van der Waals surface area (Å²) < 4.78 is 5.19. The highest BCUT2D eigenvalue weighted by molar-refractivity contribution is 5.71. The molecular weight excluding hydrogens is 250 g/mol. The smallest absolute Gasteiger partial charge is 0.410 e. The van der Waals surface area contributed by atoms with Crippen LogP contribution in [0.3, 0.4) is 0 Å². The van der Waals surface area contributed by atoms with Crippen LogP contribution in [0.4, 0.5) is 4.79 Å². The van der Waals surface area contributed by atoms with E-state index < -0.39 is 6.09 Å². The molecule has 3 heteroatoms. The van der Waals surface area contributed by atoms with Crippen molar-refractivity contribution in [3.63, 3.8) is 0 Å². The third-order valence-corrected chi connectivity index (χ3v) is 2.87. The lowest BCUT2D eigenvalue weighted by atomic mass is 10.1. The number of amides is 1. The van der Waals surface area contributed by atoms with Crippen LogP contribution in [0, 0.1) is 12.3 Å². The SMILES string of the molecule is C#Cc1ccc(OC(=O)N[C@H](C)c2ccccc2)cc1. The number of benzene rings is 2. The molecule has 0 saturated heterocycles. The second kappa shape index (κ2) is 6.44. The Morgan fingerprint density at radius 1 is 1.15 bits per heavy atom. The third kappa shape index (κ3) is 3.63. The van der Waals surface area contributed by atoms with Crippen LogP contribution in [-0.4, -0.2) is 6.09 Å². The predicted octanol–water partition coefficient (Wildman–Crippen LogP) is 3.52. The third-order valence-electron chi connectivity index (χ3n) is 2.87. The second-order valence-electron chi connectivity index (χ2n) is 4.33. The van der Waals surface area contributed by atoms with Crippen molar-refractivity contribution in [2.45, 2.75) is 13.0 Å². The number of nitrogens with one attached hydrogen (secondary N) is 1. The Bertz CT molecular complexity index is 612. The summed E-state index contributed by atoms with van der Waals surface area (Å²) in [7, 11) is 0. The number of terminal acetylenes is 1. The molecule has 2 aromatic rings. The monoisotopic (exact) mass is 265 g/mol. The van der Waals surface area contributed by atoms with Gasteiger partial charge in [-0.05, 0) is 36.8 Å². The molecule has 0 heterocycles. The summed E-state index contributed by atoms with van der Waals surface area (Å²) in [4.78, 5) is 11.8. The summed E-state index contributed by atoms with van der Waals surface area (Å²) in [5.41, 5.74) is 1.77. The number of rotatable bonds is 3. The largest absolute Gasteiger partial charge is 0.413 e. The average molecular weight is 265 g/mol. The van der Waals surface area contributed by atoms with E-state index in [-0.39, 0.29) is 6.04 Å². The second-order valence-corrected chi connectivity index (χ2v) is 4.33. The standard InChI is InChI=1S/C17H15NO2/c1-3-14-9-11-16(12-10-14)20-17(19)18-13(2)15-7-5-4-6-8-15/h1,4-13H,2H3,(H,18,19)/t13-/m1/s1. The van der Waals surface area contributed by atoms with Gasteiger partial charge >= 0.3 is 6.09 Å². The van der Waals surface area contributed by atoms with Crippen LogP contribution < -0.4 is 10.1 Å². The molecule has 3 nitrogen and oxygen atoms in total.